The van der Waals surface area contributed by atoms with Crippen LogP contribution in [0.1, 0.15) is 6.42 Å². The molecule has 2 aliphatic carbocycles. The molecule has 162 valence electrons. The number of halogens is 1. The number of benzene rings is 1. The lowest BCUT2D eigenvalue weighted by atomic mass is 9.88. The van der Waals surface area contributed by atoms with Crippen molar-refractivity contribution in [2.75, 3.05) is 24.3 Å². The van der Waals surface area contributed by atoms with E-state index in [1.54, 1.807) is 24.3 Å². The molecule has 1 fully saturated rings. The Hall–Kier alpha value is -3.69. The SMILES string of the molecule is CNC(=O)COc1cccc(Nc2ncc(F)c(N[C@H]3[C@@H](C(N)=O)[C@@H]4C=C[C@H]3C4)n2)c1. The molecule has 4 atom stereocenters. The number of amides is 2. The van der Waals surface area contributed by atoms with Crippen molar-refractivity contribution in [2.45, 2.75) is 12.5 Å². The van der Waals surface area contributed by atoms with E-state index in [1.807, 2.05) is 12.2 Å². The number of rotatable bonds is 8. The molecule has 5 N–H and O–H groups in total. The highest BCUT2D eigenvalue weighted by molar-refractivity contribution is 5.80. The smallest absolute Gasteiger partial charge is 0.257 e. The lowest BCUT2D eigenvalue weighted by Gasteiger charge is -2.27. The number of nitrogens with one attached hydrogen (secondary N) is 3. The van der Waals surface area contributed by atoms with E-state index in [-0.39, 0.29) is 42.2 Å². The topological polar surface area (TPSA) is 131 Å². The van der Waals surface area contributed by atoms with Crippen molar-refractivity contribution >= 4 is 29.3 Å². The third-order valence-electron chi connectivity index (χ3n) is 5.57. The first-order valence-corrected chi connectivity index (χ1v) is 9.92. The van der Waals surface area contributed by atoms with Crippen LogP contribution in [0.25, 0.3) is 0 Å². The van der Waals surface area contributed by atoms with E-state index in [0.29, 0.717) is 11.4 Å². The first-order chi connectivity index (χ1) is 14.9. The highest BCUT2D eigenvalue weighted by Gasteiger charge is 2.47. The fraction of sp³-hybridized carbons (Fsp3) is 0.333. The molecule has 31 heavy (non-hydrogen) atoms. The number of anilines is 3. The van der Waals surface area contributed by atoms with Crippen molar-refractivity contribution in [1.82, 2.24) is 15.3 Å². The predicted octanol–water partition coefficient (Wildman–Crippen LogP) is 1.57. The lowest BCUT2D eigenvalue weighted by Crippen LogP contribution is -2.41. The summed E-state index contributed by atoms with van der Waals surface area (Å²) in [4.78, 5) is 31.5. The van der Waals surface area contributed by atoms with Gasteiger partial charge in [-0.15, -0.1) is 0 Å². The van der Waals surface area contributed by atoms with Crippen LogP contribution in [-0.2, 0) is 9.59 Å². The van der Waals surface area contributed by atoms with Crippen LogP contribution in [0.5, 0.6) is 5.75 Å². The number of primary amides is 1. The third-order valence-corrected chi connectivity index (χ3v) is 5.57. The van der Waals surface area contributed by atoms with Crippen molar-refractivity contribution in [3.8, 4) is 5.75 Å². The maximum atomic E-state index is 14.4. The van der Waals surface area contributed by atoms with Gasteiger partial charge in [0.05, 0.1) is 12.1 Å². The van der Waals surface area contributed by atoms with Gasteiger partial charge in [0.25, 0.3) is 5.91 Å². The summed E-state index contributed by atoms with van der Waals surface area (Å²) in [5.41, 5.74) is 6.18. The zero-order chi connectivity index (χ0) is 22.0. The summed E-state index contributed by atoms with van der Waals surface area (Å²) in [5.74, 6) is -0.868. The quantitative estimate of drug-likeness (QED) is 0.471. The molecule has 0 saturated heterocycles. The van der Waals surface area contributed by atoms with Crippen molar-refractivity contribution in [1.29, 1.82) is 0 Å². The molecule has 0 unspecified atom stereocenters. The van der Waals surface area contributed by atoms with Gasteiger partial charge in [-0.2, -0.15) is 4.98 Å². The van der Waals surface area contributed by atoms with Crippen LogP contribution in [-0.4, -0.2) is 41.5 Å². The highest BCUT2D eigenvalue weighted by Crippen LogP contribution is 2.44. The van der Waals surface area contributed by atoms with Gasteiger partial charge in [0.15, 0.2) is 18.2 Å². The zero-order valence-corrected chi connectivity index (χ0v) is 16.8. The predicted molar refractivity (Wildman–Crippen MR) is 112 cm³/mol. The van der Waals surface area contributed by atoms with E-state index < -0.39 is 17.6 Å². The molecule has 0 radical (unpaired) electrons. The molecular weight excluding hydrogens is 403 g/mol. The third kappa shape index (κ3) is 4.42. The second-order valence-corrected chi connectivity index (χ2v) is 7.55. The first-order valence-electron chi connectivity index (χ1n) is 9.92. The Morgan fingerprint density at radius 2 is 2.10 bits per heavy atom. The molecule has 1 aromatic carbocycles. The first kappa shape index (κ1) is 20.6. The van der Waals surface area contributed by atoms with Gasteiger partial charge < -0.3 is 26.4 Å². The molecule has 9 nitrogen and oxygen atoms in total. The van der Waals surface area contributed by atoms with E-state index in [4.69, 9.17) is 10.5 Å². The average Bonchev–Trinajstić information content (AvgIpc) is 3.36. The minimum Gasteiger partial charge on any atom is -0.484 e. The van der Waals surface area contributed by atoms with Crippen molar-refractivity contribution in [3.05, 3.63) is 48.4 Å². The molecule has 0 spiro atoms. The molecule has 2 amide bonds. The second-order valence-electron chi connectivity index (χ2n) is 7.55. The monoisotopic (exact) mass is 426 g/mol. The van der Waals surface area contributed by atoms with Gasteiger partial charge in [-0.25, -0.2) is 9.37 Å². The van der Waals surface area contributed by atoms with Crippen LogP contribution < -0.4 is 26.4 Å². The molecular formula is C21H23FN6O3. The number of carbonyl (C=O) groups is 2. The van der Waals surface area contributed by atoms with Gasteiger partial charge in [0, 0.05) is 24.8 Å². The number of allylic oxidation sites excluding steroid dienone is 1. The Labute approximate surface area is 178 Å². The summed E-state index contributed by atoms with van der Waals surface area (Å²) >= 11 is 0. The summed E-state index contributed by atoms with van der Waals surface area (Å²) in [7, 11) is 1.53. The summed E-state index contributed by atoms with van der Waals surface area (Å²) in [6, 6.07) is 6.57. The molecule has 2 aromatic rings. The number of ether oxygens (including phenoxy) is 1. The van der Waals surface area contributed by atoms with Crippen LogP contribution in [0.4, 0.5) is 21.8 Å². The summed E-state index contributed by atoms with van der Waals surface area (Å²) < 4.78 is 19.8. The molecule has 1 aromatic heterocycles. The number of fused-ring (bicyclic) bond motifs is 2. The Balaban J connectivity index is 1.48. The van der Waals surface area contributed by atoms with Crippen molar-refractivity contribution in [2.24, 2.45) is 23.5 Å². The number of nitrogens with zero attached hydrogens (tertiary/aromatic N) is 2. The van der Waals surface area contributed by atoms with E-state index >= 15 is 0 Å². The summed E-state index contributed by atoms with van der Waals surface area (Å²) in [6.45, 7) is -0.111. The Morgan fingerprint density at radius 1 is 1.29 bits per heavy atom. The summed E-state index contributed by atoms with van der Waals surface area (Å²) in [5, 5.41) is 8.53. The lowest BCUT2D eigenvalue weighted by molar-refractivity contribution is -0.123. The van der Waals surface area contributed by atoms with E-state index in [0.717, 1.165) is 12.6 Å². The number of hydrogen-bond donors (Lipinski definition) is 4. The van der Waals surface area contributed by atoms with Crippen molar-refractivity contribution in [3.63, 3.8) is 0 Å². The van der Waals surface area contributed by atoms with Gasteiger partial charge in [-0.1, -0.05) is 18.2 Å². The average molecular weight is 426 g/mol. The van der Waals surface area contributed by atoms with Gasteiger partial charge in [-0.05, 0) is 30.4 Å². The minimum absolute atomic E-state index is 0.00159. The van der Waals surface area contributed by atoms with Crippen LogP contribution in [0.15, 0.2) is 42.6 Å². The van der Waals surface area contributed by atoms with Gasteiger partial charge in [0.1, 0.15) is 5.75 Å². The fourth-order valence-electron chi connectivity index (χ4n) is 4.11. The van der Waals surface area contributed by atoms with Gasteiger partial charge in [0.2, 0.25) is 11.9 Å². The van der Waals surface area contributed by atoms with Crippen LogP contribution >= 0.6 is 0 Å². The Kier molecular flexibility index (Phi) is 5.70. The molecule has 0 aliphatic heterocycles. The van der Waals surface area contributed by atoms with E-state index in [1.165, 1.54) is 7.05 Å². The maximum Gasteiger partial charge on any atom is 0.257 e. The highest BCUT2D eigenvalue weighted by atomic mass is 19.1. The maximum absolute atomic E-state index is 14.4. The zero-order valence-electron chi connectivity index (χ0n) is 16.8. The van der Waals surface area contributed by atoms with Crippen LogP contribution in [0.3, 0.4) is 0 Å². The molecule has 10 heteroatoms. The van der Waals surface area contributed by atoms with Crippen LogP contribution in [0.2, 0.25) is 0 Å². The molecule has 1 heterocycles. The normalized spacial score (nSPS) is 23.4. The molecule has 1 saturated carbocycles. The number of carbonyl (C=O) groups excluding carboxylic acids is 2. The molecule has 4 rings (SSSR count). The van der Waals surface area contributed by atoms with Crippen LogP contribution in [0, 0.1) is 23.6 Å². The van der Waals surface area contributed by atoms with E-state index in [2.05, 4.69) is 25.9 Å². The minimum atomic E-state index is -0.622. The fourth-order valence-corrected chi connectivity index (χ4v) is 4.11. The number of aromatic nitrogens is 2. The standard InChI is InChI=1S/C21H23FN6O3/c1-24-16(29)10-31-14-4-2-3-13(8-14)26-21-25-9-15(22)20(28-21)27-18-12-6-5-11(7-12)17(18)19(23)30/h2-6,8-9,11-12,17-18H,7,10H2,1H3,(H2,23,30)(H,24,29)(H2,25,26,27,28)/t11-,12+,17+,18-/m1/s1. The van der Waals surface area contributed by atoms with E-state index in [9.17, 15) is 14.0 Å². The second kappa shape index (κ2) is 8.58. The van der Waals surface area contributed by atoms with Crippen molar-refractivity contribution < 1.29 is 18.7 Å². The number of hydrogen-bond acceptors (Lipinski definition) is 7. The Bertz CT molecular complexity index is 1030. The Morgan fingerprint density at radius 3 is 2.87 bits per heavy atom. The number of nitrogens with two attached hydrogens (primary N) is 1. The largest absolute Gasteiger partial charge is 0.484 e. The van der Waals surface area contributed by atoms with Gasteiger partial charge in [-0.3, -0.25) is 9.59 Å². The molecule has 2 aliphatic rings. The summed E-state index contributed by atoms with van der Waals surface area (Å²) in [6.07, 6.45) is 5.91. The number of likely N-dealkylation sites (N-methyl/N-ethyl adjacent to an activating group) is 1. The molecule has 2 bridgehead atoms. The van der Waals surface area contributed by atoms with Gasteiger partial charge >= 0.3 is 0 Å².